The van der Waals surface area contributed by atoms with Crippen molar-refractivity contribution in [2.45, 2.75) is 25.0 Å². The van der Waals surface area contributed by atoms with Gasteiger partial charge in [0.1, 0.15) is 0 Å². The Morgan fingerprint density at radius 3 is 2.66 bits per heavy atom. The van der Waals surface area contributed by atoms with Crippen molar-refractivity contribution in [2.24, 2.45) is 0 Å². The molecule has 1 N–H and O–H groups in total. The molecule has 150 valence electrons. The molecule has 1 fully saturated rings. The number of piperidine rings is 1. The van der Waals surface area contributed by atoms with Gasteiger partial charge in [0.25, 0.3) is 0 Å². The normalized spacial score (nSPS) is 19.8. The molecule has 0 aromatic heterocycles. The molecule has 3 nitrogen and oxygen atoms in total. The van der Waals surface area contributed by atoms with Crippen molar-refractivity contribution >= 4 is 16.8 Å². The Morgan fingerprint density at radius 1 is 1.00 bits per heavy atom. The molecule has 1 saturated heterocycles. The predicted molar refractivity (Wildman–Crippen MR) is 120 cm³/mol. The summed E-state index contributed by atoms with van der Waals surface area (Å²) in [7, 11) is 1.71. The van der Waals surface area contributed by atoms with Gasteiger partial charge in [-0.2, -0.15) is 0 Å². The third-order valence-electron chi connectivity index (χ3n) is 5.64. The van der Waals surface area contributed by atoms with E-state index in [1.807, 2.05) is 6.08 Å². The quantitative estimate of drug-likeness (QED) is 0.607. The van der Waals surface area contributed by atoms with E-state index < -0.39 is 0 Å². The summed E-state index contributed by atoms with van der Waals surface area (Å²) in [6.07, 6.45) is 5.42. The zero-order valence-corrected chi connectivity index (χ0v) is 17.0. The lowest BCUT2D eigenvalue weighted by molar-refractivity contribution is 0.0106. The monoisotopic (exact) mass is 387 g/mol. The molecule has 2 atom stereocenters. The summed E-state index contributed by atoms with van der Waals surface area (Å²) in [6, 6.07) is 23.9. The van der Waals surface area contributed by atoms with Crippen LogP contribution in [0.25, 0.3) is 16.8 Å². The second-order valence-corrected chi connectivity index (χ2v) is 7.65. The zero-order chi connectivity index (χ0) is 19.9. The number of methoxy groups -OCH3 is 1. The van der Waals surface area contributed by atoms with E-state index in [4.69, 9.17) is 9.47 Å². The minimum absolute atomic E-state index is 0.185. The number of fused-ring (bicyclic) bond motifs is 1. The maximum Gasteiger partial charge on any atom is 0.0772 e. The summed E-state index contributed by atoms with van der Waals surface area (Å²) in [5.74, 6) is 0.425. The van der Waals surface area contributed by atoms with Gasteiger partial charge in [-0.05, 0) is 46.5 Å². The topological polar surface area (TPSA) is 30.5 Å². The van der Waals surface area contributed by atoms with Crippen molar-refractivity contribution in [3.8, 4) is 0 Å². The number of hydrogen-bond donors (Lipinski definition) is 1. The highest BCUT2D eigenvalue weighted by Crippen LogP contribution is 2.29. The van der Waals surface area contributed by atoms with Crippen molar-refractivity contribution in [2.75, 3.05) is 26.8 Å². The highest BCUT2D eigenvalue weighted by atomic mass is 16.5. The molecule has 0 spiro atoms. The van der Waals surface area contributed by atoms with Gasteiger partial charge in [0.05, 0.1) is 19.3 Å². The first-order valence-corrected chi connectivity index (χ1v) is 10.4. The minimum atomic E-state index is 0.185. The van der Waals surface area contributed by atoms with E-state index in [1.54, 1.807) is 7.11 Å². The molecular weight excluding hydrogens is 358 g/mol. The van der Waals surface area contributed by atoms with Crippen molar-refractivity contribution < 1.29 is 9.47 Å². The van der Waals surface area contributed by atoms with Crippen LogP contribution in [-0.4, -0.2) is 32.9 Å². The standard InChI is InChI=1S/C26H29NO2/c1-28-16-4-5-20-8-12-23(13-9-20)25-14-15-27-18-26(25)29-19-21-10-11-22-6-2-3-7-24(22)17-21/h2-13,17,25-27H,14-16,18-19H2,1H3/b5-4+. The van der Waals surface area contributed by atoms with E-state index in [2.05, 4.69) is 78.1 Å². The van der Waals surface area contributed by atoms with Gasteiger partial charge in [-0.15, -0.1) is 0 Å². The first kappa shape index (κ1) is 19.8. The Labute approximate surface area is 173 Å². The van der Waals surface area contributed by atoms with Gasteiger partial charge in [0.15, 0.2) is 0 Å². The van der Waals surface area contributed by atoms with E-state index in [9.17, 15) is 0 Å². The fourth-order valence-electron chi connectivity index (χ4n) is 4.05. The summed E-state index contributed by atoms with van der Waals surface area (Å²) in [4.78, 5) is 0. The lowest BCUT2D eigenvalue weighted by atomic mass is 9.87. The van der Waals surface area contributed by atoms with Crippen molar-refractivity contribution in [3.05, 3.63) is 89.5 Å². The van der Waals surface area contributed by atoms with Gasteiger partial charge in [-0.3, -0.25) is 0 Å². The molecule has 29 heavy (non-hydrogen) atoms. The molecule has 0 bridgehead atoms. The van der Waals surface area contributed by atoms with Crippen LogP contribution in [0.3, 0.4) is 0 Å². The SMILES string of the molecule is COC/C=C/c1ccc(C2CCNCC2OCc2ccc3ccccc3c2)cc1. The van der Waals surface area contributed by atoms with Crippen molar-refractivity contribution in [1.29, 1.82) is 0 Å². The largest absolute Gasteiger partial charge is 0.381 e. The molecule has 3 aromatic rings. The van der Waals surface area contributed by atoms with Gasteiger partial charge in [-0.1, -0.05) is 72.8 Å². The number of benzene rings is 3. The Kier molecular flexibility index (Phi) is 6.73. The van der Waals surface area contributed by atoms with Crippen LogP contribution < -0.4 is 5.32 Å². The Morgan fingerprint density at radius 2 is 1.83 bits per heavy atom. The molecule has 2 unspecified atom stereocenters. The van der Waals surface area contributed by atoms with Gasteiger partial charge in [0, 0.05) is 19.6 Å². The molecule has 1 aliphatic heterocycles. The number of nitrogens with one attached hydrogen (secondary N) is 1. The van der Waals surface area contributed by atoms with Crippen molar-refractivity contribution in [3.63, 3.8) is 0 Å². The zero-order valence-electron chi connectivity index (χ0n) is 17.0. The average Bonchev–Trinajstić information content (AvgIpc) is 2.78. The molecular formula is C26H29NO2. The van der Waals surface area contributed by atoms with Crippen LogP contribution in [-0.2, 0) is 16.1 Å². The van der Waals surface area contributed by atoms with Crippen molar-refractivity contribution in [1.82, 2.24) is 5.32 Å². The highest BCUT2D eigenvalue weighted by Gasteiger charge is 2.27. The molecule has 1 heterocycles. The van der Waals surface area contributed by atoms with E-state index in [1.165, 1.54) is 27.5 Å². The molecule has 4 rings (SSSR count). The van der Waals surface area contributed by atoms with Crippen LogP contribution in [0.5, 0.6) is 0 Å². The second-order valence-electron chi connectivity index (χ2n) is 7.65. The fraction of sp³-hybridized carbons (Fsp3) is 0.308. The predicted octanol–water partition coefficient (Wildman–Crippen LogP) is 5.16. The smallest absolute Gasteiger partial charge is 0.0772 e. The van der Waals surface area contributed by atoms with Crippen LogP contribution in [0.4, 0.5) is 0 Å². The lowest BCUT2D eigenvalue weighted by Crippen LogP contribution is -2.40. The first-order chi connectivity index (χ1) is 14.3. The van der Waals surface area contributed by atoms with E-state index in [0.29, 0.717) is 19.1 Å². The minimum Gasteiger partial charge on any atom is -0.381 e. The van der Waals surface area contributed by atoms with Crippen LogP contribution in [0, 0.1) is 0 Å². The van der Waals surface area contributed by atoms with Gasteiger partial charge in [0.2, 0.25) is 0 Å². The molecule has 0 radical (unpaired) electrons. The van der Waals surface area contributed by atoms with Gasteiger partial charge >= 0.3 is 0 Å². The third-order valence-corrected chi connectivity index (χ3v) is 5.64. The lowest BCUT2D eigenvalue weighted by Gasteiger charge is -2.32. The number of ether oxygens (including phenoxy) is 2. The van der Waals surface area contributed by atoms with Gasteiger partial charge < -0.3 is 14.8 Å². The fourth-order valence-corrected chi connectivity index (χ4v) is 4.05. The summed E-state index contributed by atoms with van der Waals surface area (Å²) in [5, 5.41) is 6.04. The Balaban J connectivity index is 1.42. The van der Waals surface area contributed by atoms with Crippen LogP contribution in [0.15, 0.2) is 72.8 Å². The number of rotatable bonds is 7. The molecule has 1 aliphatic rings. The summed E-state index contributed by atoms with van der Waals surface area (Å²) < 4.78 is 11.5. The first-order valence-electron chi connectivity index (χ1n) is 10.4. The number of hydrogen-bond acceptors (Lipinski definition) is 3. The van der Waals surface area contributed by atoms with Crippen LogP contribution in [0.1, 0.15) is 29.0 Å². The maximum atomic E-state index is 6.40. The highest BCUT2D eigenvalue weighted by molar-refractivity contribution is 5.82. The molecule has 3 heteroatoms. The molecule has 3 aromatic carbocycles. The van der Waals surface area contributed by atoms with E-state index in [-0.39, 0.29) is 6.10 Å². The third kappa shape index (κ3) is 5.13. The summed E-state index contributed by atoms with van der Waals surface area (Å²) in [6.45, 7) is 3.22. The molecule has 0 amide bonds. The van der Waals surface area contributed by atoms with Crippen LogP contribution >= 0.6 is 0 Å². The summed E-state index contributed by atoms with van der Waals surface area (Å²) in [5.41, 5.74) is 3.79. The maximum absolute atomic E-state index is 6.40. The van der Waals surface area contributed by atoms with E-state index >= 15 is 0 Å². The van der Waals surface area contributed by atoms with Crippen LogP contribution in [0.2, 0.25) is 0 Å². The Hall–Kier alpha value is -2.46. The molecule has 0 saturated carbocycles. The van der Waals surface area contributed by atoms with E-state index in [0.717, 1.165) is 19.5 Å². The van der Waals surface area contributed by atoms with Gasteiger partial charge in [-0.25, -0.2) is 0 Å². The average molecular weight is 388 g/mol. The second kappa shape index (κ2) is 9.84. The Bertz CT molecular complexity index is 948. The summed E-state index contributed by atoms with van der Waals surface area (Å²) >= 11 is 0. The molecule has 0 aliphatic carbocycles.